The number of rotatable bonds is 33. The second kappa shape index (κ2) is 27.7. The number of benzene rings is 2. The van der Waals surface area contributed by atoms with Crippen molar-refractivity contribution in [2.24, 2.45) is 0 Å². The number of amides is 5. The third kappa shape index (κ3) is 14.8. The molecule has 1 atom stereocenters. The largest absolute Gasteiger partial charge is 0.467 e. The SMILES string of the molecule is O=C1CCC(N2C(=O)c3cccc(CCCOCCOCCOCCOCCOCCOCCOCCCCNC(=O)c4ccc(-c5cnc(NCc6ccco6)n6cnnc56)cc4)c3C2=O)C(=O)N1. The Morgan fingerprint density at radius 3 is 1.99 bits per heavy atom. The summed E-state index contributed by atoms with van der Waals surface area (Å²) < 4.78 is 46.2. The first kappa shape index (κ1) is 51.4. The predicted molar refractivity (Wildman–Crippen MR) is 251 cm³/mol. The molecule has 2 aromatic carbocycles. The molecule has 70 heavy (non-hydrogen) atoms. The van der Waals surface area contributed by atoms with Gasteiger partial charge in [0.05, 0.1) is 103 Å². The molecule has 1 unspecified atom stereocenters. The van der Waals surface area contributed by atoms with Crippen LogP contribution in [0.25, 0.3) is 16.8 Å². The van der Waals surface area contributed by atoms with Crippen LogP contribution < -0.4 is 16.0 Å². The van der Waals surface area contributed by atoms with Crippen molar-refractivity contribution in [3.05, 3.63) is 101 Å². The molecule has 0 spiro atoms. The number of hydrogen-bond donors (Lipinski definition) is 3. The number of aromatic nitrogens is 4. The van der Waals surface area contributed by atoms with E-state index in [0.29, 0.717) is 141 Å². The van der Waals surface area contributed by atoms with Crippen molar-refractivity contribution in [1.29, 1.82) is 0 Å². The molecule has 5 heterocycles. The molecule has 374 valence electrons. The van der Waals surface area contributed by atoms with Gasteiger partial charge in [0.25, 0.3) is 17.7 Å². The van der Waals surface area contributed by atoms with E-state index in [0.717, 1.165) is 40.2 Å². The maximum absolute atomic E-state index is 13.2. The molecule has 0 bridgehead atoms. The Morgan fingerprint density at radius 1 is 0.714 bits per heavy atom. The highest BCUT2D eigenvalue weighted by Gasteiger charge is 2.45. The highest BCUT2D eigenvalue weighted by Crippen LogP contribution is 2.31. The highest BCUT2D eigenvalue weighted by molar-refractivity contribution is 6.24. The number of fused-ring (bicyclic) bond motifs is 2. The van der Waals surface area contributed by atoms with Crippen molar-refractivity contribution in [3.63, 3.8) is 0 Å². The first-order valence-corrected chi connectivity index (χ1v) is 23.6. The van der Waals surface area contributed by atoms with Crippen LogP contribution >= 0.6 is 0 Å². The van der Waals surface area contributed by atoms with Crippen LogP contribution in [0.1, 0.15) is 74.5 Å². The topological polar surface area (TPSA) is 246 Å². The fourth-order valence-corrected chi connectivity index (χ4v) is 7.75. The molecule has 0 radical (unpaired) electrons. The lowest BCUT2D eigenvalue weighted by Gasteiger charge is -2.27. The van der Waals surface area contributed by atoms with Gasteiger partial charge in [-0.3, -0.25) is 38.6 Å². The molecule has 2 aliphatic rings. The van der Waals surface area contributed by atoms with Gasteiger partial charge in [0.1, 0.15) is 18.1 Å². The smallest absolute Gasteiger partial charge is 0.262 e. The third-order valence-electron chi connectivity index (χ3n) is 11.3. The van der Waals surface area contributed by atoms with Gasteiger partial charge < -0.3 is 48.2 Å². The van der Waals surface area contributed by atoms with Crippen molar-refractivity contribution >= 4 is 41.1 Å². The molecule has 3 aromatic heterocycles. The molecule has 7 rings (SSSR count). The molecule has 0 aliphatic carbocycles. The van der Waals surface area contributed by atoms with Crippen LogP contribution in [-0.4, -0.2) is 159 Å². The van der Waals surface area contributed by atoms with Gasteiger partial charge in [0.2, 0.25) is 17.8 Å². The number of piperidine rings is 1. The third-order valence-corrected chi connectivity index (χ3v) is 11.3. The van der Waals surface area contributed by atoms with Crippen LogP contribution in [0.5, 0.6) is 0 Å². The number of unbranched alkanes of at least 4 members (excludes halogenated alkanes) is 1. The summed E-state index contributed by atoms with van der Waals surface area (Å²) in [6.45, 7) is 7.32. The van der Waals surface area contributed by atoms with Crippen molar-refractivity contribution in [2.45, 2.75) is 51.1 Å². The van der Waals surface area contributed by atoms with Gasteiger partial charge in [-0.2, -0.15) is 0 Å². The summed E-state index contributed by atoms with van der Waals surface area (Å²) >= 11 is 0. The zero-order valence-electron chi connectivity index (χ0n) is 39.1. The van der Waals surface area contributed by atoms with Crippen molar-refractivity contribution in [1.82, 2.24) is 35.1 Å². The summed E-state index contributed by atoms with van der Waals surface area (Å²) in [5.41, 5.74) is 4.18. The zero-order valence-corrected chi connectivity index (χ0v) is 39.1. The number of imide groups is 2. The van der Waals surface area contributed by atoms with E-state index in [1.165, 1.54) is 0 Å². The summed E-state index contributed by atoms with van der Waals surface area (Å²) in [6.07, 6.45) is 7.90. The van der Waals surface area contributed by atoms with E-state index in [1.54, 1.807) is 53.5 Å². The average Bonchev–Trinajstić information content (AvgIpc) is 4.14. The van der Waals surface area contributed by atoms with E-state index in [9.17, 15) is 24.0 Å². The number of furan rings is 1. The summed E-state index contributed by atoms with van der Waals surface area (Å²) in [7, 11) is 0. The Hall–Kier alpha value is -6.46. The van der Waals surface area contributed by atoms with Crippen molar-refractivity contribution in [2.75, 3.05) is 104 Å². The van der Waals surface area contributed by atoms with Crippen LogP contribution in [0.3, 0.4) is 0 Å². The Morgan fingerprint density at radius 2 is 1.36 bits per heavy atom. The predicted octanol–water partition coefficient (Wildman–Crippen LogP) is 3.66. The van der Waals surface area contributed by atoms with Crippen LogP contribution in [0.2, 0.25) is 0 Å². The van der Waals surface area contributed by atoms with Gasteiger partial charge in [0, 0.05) is 43.5 Å². The quantitative estimate of drug-likeness (QED) is 0.0401. The highest BCUT2D eigenvalue weighted by atomic mass is 16.6. The lowest BCUT2D eigenvalue weighted by atomic mass is 9.99. The monoisotopic (exact) mass is 968 g/mol. The maximum atomic E-state index is 13.2. The molecular formula is C49H60N8O13. The van der Waals surface area contributed by atoms with E-state index >= 15 is 0 Å². The standard InChI is InChI=1S/C49H60N8O13/c58-42-15-14-41(46(60)54-42)57-47(61)39-9-3-6-36(43(39)48(57)62)7-4-18-64-21-23-66-25-27-68-29-31-69-30-28-67-26-24-65-22-20-63-17-2-1-16-50-45(59)37-12-10-35(11-13-37)40-33-52-49(56-34-53-55-44(40)56)51-32-38-8-5-19-70-38/h3,5-6,8-13,19,33-34,41H,1-2,4,7,14-18,20-32H2,(H,50,59)(H,51,52)(H,54,58,60). The fraction of sp³-hybridized carbons (Fsp3) is 0.469. The summed E-state index contributed by atoms with van der Waals surface area (Å²) in [4.78, 5) is 68.4. The number of carbonyl (C=O) groups excluding carboxylic acids is 5. The van der Waals surface area contributed by atoms with Gasteiger partial charge in [-0.15, -0.1) is 10.2 Å². The maximum Gasteiger partial charge on any atom is 0.262 e. The number of nitrogens with zero attached hydrogens (tertiary/aromatic N) is 5. The zero-order chi connectivity index (χ0) is 48.8. The molecule has 1 fully saturated rings. The lowest BCUT2D eigenvalue weighted by Crippen LogP contribution is -2.54. The number of anilines is 1. The van der Waals surface area contributed by atoms with Gasteiger partial charge >= 0.3 is 0 Å². The first-order chi connectivity index (χ1) is 34.4. The summed E-state index contributed by atoms with van der Waals surface area (Å²) in [6, 6.07) is 15.2. The van der Waals surface area contributed by atoms with Crippen LogP contribution in [0, 0.1) is 0 Å². The first-order valence-electron chi connectivity index (χ1n) is 23.6. The Labute approximate surface area is 404 Å². The minimum atomic E-state index is -0.991. The minimum Gasteiger partial charge on any atom is -0.467 e. The molecule has 1 saturated heterocycles. The Kier molecular flexibility index (Phi) is 20.3. The summed E-state index contributed by atoms with van der Waals surface area (Å²) in [5.74, 6) is -0.823. The van der Waals surface area contributed by atoms with E-state index in [4.69, 9.17) is 37.6 Å². The van der Waals surface area contributed by atoms with E-state index in [1.807, 2.05) is 24.3 Å². The van der Waals surface area contributed by atoms with Crippen LogP contribution in [-0.2, 0) is 55.7 Å². The molecule has 21 heteroatoms. The Bertz CT molecular complexity index is 2460. The van der Waals surface area contributed by atoms with Gasteiger partial charge in [-0.05, 0) is 73.6 Å². The molecular weight excluding hydrogens is 909 g/mol. The number of aryl methyl sites for hydroxylation is 1. The molecule has 2 aliphatic heterocycles. The van der Waals surface area contributed by atoms with Crippen molar-refractivity contribution < 1.29 is 61.5 Å². The second-order valence-electron chi connectivity index (χ2n) is 16.2. The fourth-order valence-electron chi connectivity index (χ4n) is 7.75. The van der Waals surface area contributed by atoms with E-state index in [2.05, 4.69) is 31.1 Å². The second-order valence-corrected chi connectivity index (χ2v) is 16.2. The van der Waals surface area contributed by atoms with Crippen molar-refractivity contribution in [3.8, 4) is 11.1 Å². The lowest BCUT2D eigenvalue weighted by molar-refractivity contribution is -0.136. The van der Waals surface area contributed by atoms with Gasteiger partial charge in [-0.1, -0.05) is 24.3 Å². The van der Waals surface area contributed by atoms with E-state index in [-0.39, 0.29) is 24.3 Å². The Balaban J connectivity index is 0.603. The number of nitrogens with one attached hydrogen (secondary N) is 3. The molecule has 0 saturated carbocycles. The number of carbonyl (C=O) groups is 5. The van der Waals surface area contributed by atoms with Crippen LogP contribution in [0.4, 0.5) is 5.95 Å². The van der Waals surface area contributed by atoms with E-state index < -0.39 is 29.7 Å². The summed E-state index contributed by atoms with van der Waals surface area (Å²) in [5, 5.41) is 16.8. The molecule has 5 amide bonds. The normalized spacial score (nSPS) is 14.7. The van der Waals surface area contributed by atoms with Gasteiger partial charge in [-0.25, -0.2) is 4.98 Å². The minimum absolute atomic E-state index is 0.0751. The number of hydrogen-bond acceptors (Lipinski definition) is 17. The average molecular weight is 969 g/mol. The number of ether oxygens (including phenoxy) is 7. The van der Waals surface area contributed by atoms with Gasteiger partial charge in [0.15, 0.2) is 5.65 Å². The molecule has 5 aromatic rings. The molecule has 21 nitrogen and oxygen atoms in total. The van der Waals surface area contributed by atoms with Crippen LogP contribution in [0.15, 0.2) is 77.8 Å². The molecule has 3 N–H and O–H groups in total.